The van der Waals surface area contributed by atoms with Crippen LogP contribution < -0.4 is 4.90 Å². The summed E-state index contributed by atoms with van der Waals surface area (Å²) < 4.78 is 0. The average molecular weight is 273 g/mol. The predicted octanol–water partition coefficient (Wildman–Crippen LogP) is 3.19. The summed E-state index contributed by atoms with van der Waals surface area (Å²) in [5.74, 6) is 0.703. The number of carbonyl (C=O) groups is 1. The molecule has 0 amide bonds. The Morgan fingerprint density at radius 3 is 2.94 bits per heavy atom. The zero-order valence-electron chi connectivity index (χ0n) is 9.99. The Kier molecular flexibility index (Phi) is 4.40. The minimum Gasteiger partial charge on any atom is -0.351 e. The molecule has 1 aromatic rings. The van der Waals surface area contributed by atoms with Gasteiger partial charge in [0.1, 0.15) is 5.69 Å². The largest absolute Gasteiger partial charge is 0.351 e. The number of hydrogen-bond acceptors (Lipinski definition) is 4. The Morgan fingerprint density at radius 1 is 1.59 bits per heavy atom. The maximum absolute atomic E-state index is 11.4. The maximum Gasteiger partial charge on any atom is 0.196 e. The van der Waals surface area contributed by atoms with Gasteiger partial charge in [0, 0.05) is 19.0 Å². The molecule has 1 heterocycles. The molecule has 0 spiro atoms. The summed E-state index contributed by atoms with van der Waals surface area (Å²) in [6, 6.07) is 0. The summed E-state index contributed by atoms with van der Waals surface area (Å²) in [6.07, 6.45) is 5.35. The van der Waals surface area contributed by atoms with E-state index in [1.807, 2.05) is 7.05 Å². The van der Waals surface area contributed by atoms with Crippen LogP contribution in [0.15, 0.2) is 5.38 Å². The van der Waals surface area contributed by atoms with Crippen molar-refractivity contribution in [2.75, 3.05) is 24.4 Å². The highest BCUT2D eigenvalue weighted by Crippen LogP contribution is 2.28. The molecule has 0 saturated heterocycles. The lowest BCUT2D eigenvalue weighted by molar-refractivity contribution is 0.101. The molecule has 2 rings (SSSR count). The first-order valence-electron chi connectivity index (χ1n) is 5.96. The highest BCUT2D eigenvalue weighted by Gasteiger charge is 2.19. The van der Waals surface area contributed by atoms with Crippen LogP contribution in [0.5, 0.6) is 0 Å². The summed E-state index contributed by atoms with van der Waals surface area (Å²) in [5.41, 5.74) is 0.498. The van der Waals surface area contributed by atoms with E-state index in [9.17, 15) is 4.79 Å². The van der Waals surface area contributed by atoms with Gasteiger partial charge >= 0.3 is 0 Å². The van der Waals surface area contributed by atoms with Crippen LogP contribution in [0, 0.1) is 5.92 Å². The number of carbonyl (C=O) groups excluding carboxylic acids is 1. The van der Waals surface area contributed by atoms with E-state index in [1.165, 1.54) is 37.0 Å². The number of hydrogen-bond donors (Lipinski definition) is 0. The van der Waals surface area contributed by atoms with E-state index in [2.05, 4.69) is 9.88 Å². The second kappa shape index (κ2) is 5.83. The first-order valence-corrected chi connectivity index (χ1v) is 7.38. The van der Waals surface area contributed by atoms with Gasteiger partial charge in [0.2, 0.25) is 0 Å². The normalized spacial score (nSPS) is 16.4. The van der Waals surface area contributed by atoms with Crippen LogP contribution >= 0.6 is 22.9 Å². The molecular weight excluding hydrogens is 256 g/mol. The number of ketones is 1. The molecule has 1 saturated carbocycles. The number of aromatic nitrogens is 1. The van der Waals surface area contributed by atoms with Crippen molar-refractivity contribution in [3.05, 3.63) is 11.1 Å². The topological polar surface area (TPSA) is 33.2 Å². The molecule has 1 fully saturated rings. The summed E-state index contributed by atoms with van der Waals surface area (Å²) in [6.45, 7) is 1.04. The van der Waals surface area contributed by atoms with Crippen LogP contribution in [0.2, 0.25) is 0 Å². The van der Waals surface area contributed by atoms with E-state index in [4.69, 9.17) is 11.6 Å². The Labute approximate surface area is 111 Å². The summed E-state index contributed by atoms with van der Waals surface area (Å²) in [4.78, 5) is 17.9. The number of thiazole rings is 1. The van der Waals surface area contributed by atoms with Crippen LogP contribution in [0.3, 0.4) is 0 Å². The highest BCUT2D eigenvalue weighted by atomic mass is 35.5. The molecule has 0 N–H and O–H groups in total. The number of Topliss-reactive ketones (excluding diaryl/α,β-unsaturated/α-hetero) is 1. The highest BCUT2D eigenvalue weighted by molar-refractivity contribution is 7.13. The third kappa shape index (κ3) is 3.19. The monoisotopic (exact) mass is 272 g/mol. The zero-order valence-corrected chi connectivity index (χ0v) is 11.6. The molecule has 0 unspecified atom stereocenters. The van der Waals surface area contributed by atoms with Gasteiger partial charge in [-0.25, -0.2) is 4.98 Å². The Morgan fingerprint density at radius 2 is 2.29 bits per heavy atom. The fraction of sp³-hybridized carbons (Fsp3) is 0.667. The van der Waals surface area contributed by atoms with E-state index in [0.29, 0.717) is 5.69 Å². The van der Waals surface area contributed by atoms with E-state index < -0.39 is 0 Å². The Bertz CT molecular complexity index is 388. The molecule has 0 atom stereocenters. The average Bonchev–Trinajstić information content (AvgIpc) is 2.98. The zero-order chi connectivity index (χ0) is 12.3. The van der Waals surface area contributed by atoms with Crippen molar-refractivity contribution in [1.82, 2.24) is 4.98 Å². The quantitative estimate of drug-likeness (QED) is 0.610. The number of alkyl halides is 1. The molecule has 0 aromatic carbocycles. The van der Waals surface area contributed by atoms with Gasteiger partial charge in [-0.15, -0.1) is 22.9 Å². The van der Waals surface area contributed by atoms with Crippen molar-refractivity contribution >= 4 is 33.9 Å². The predicted molar refractivity (Wildman–Crippen MR) is 72.4 cm³/mol. The van der Waals surface area contributed by atoms with Gasteiger partial charge < -0.3 is 4.90 Å². The van der Waals surface area contributed by atoms with Crippen LogP contribution in [0.1, 0.15) is 36.2 Å². The van der Waals surface area contributed by atoms with Crippen molar-refractivity contribution in [2.45, 2.75) is 25.7 Å². The van der Waals surface area contributed by atoms with Crippen LogP contribution in [0.25, 0.3) is 0 Å². The van der Waals surface area contributed by atoms with Gasteiger partial charge in [-0.1, -0.05) is 12.8 Å². The molecule has 0 radical (unpaired) electrons. The van der Waals surface area contributed by atoms with Gasteiger partial charge in [0.15, 0.2) is 10.9 Å². The van der Waals surface area contributed by atoms with Gasteiger partial charge in [-0.2, -0.15) is 0 Å². The third-order valence-corrected chi connectivity index (χ3v) is 4.43. The minimum absolute atomic E-state index is 0.00944. The van der Waals surface area contributed by atoms with Crippen LogP contribution in [0.4, 0.5) is 5.13 Å². The first-order chi connectivity index (χ1) is 8.20. The number of rotatable bonds is 5. The van der Waals surface area contributed by atoms with Crippen LogP contribution in [-0.2, 0) is 0 Å². The Hall–Kier alpha value is -0.610. The lowest BCUT2D eigenvalue weighted by Crippen LogP contribution is -2.23. The first kappa shape index (κ1) is 12.8. The lowest BCUT2D eigenvalue weighted by atomic mass is 10.1. The van der Waals surface area contributed by atoms with E-state index in [0.717, 1.165) is 17.6 Å². The van der Waals surface area contributed by atoms with E-state index >= 15 is 0 Å². The number of halogens is 1. The summed E-state index contributed by atoms with van der Waals surface area (Å²) in [7, 11) is 2.05. The lowest BCUT2D eigenvalue weighted by Gasteiger charge is -2.19. The second-order valence-electron chi connectivity index (χ2n) is 4.60. The number of anilines is 1. The second-order valence-corrected chi connectivity index (χ2v) is 5.71. The molecule has 0 bridgehead atoms. The summed E-state index contributed by atoms with van der Waals surface area (Å²) >= 11 is 7.03. The fourth-order valence-corrected chi connectivity index (χ4v) is 3.24. The molecule has 1 aliphatic rings. The van der Waals surface area contributed by atoms with Crippen molar-refractivity contribution in [3.63, 3.8) is 0 Å². The van der Waals surface area contributed by atoms with Crippen molar-refractivity contribution < 1.29 is 4.79 Å². The molecule has 0 aliphatic heterocycles. The molecule has 5 heteroatoms. The fourth-order valence-electron chi connectivity index (χ4n) is 2.29. The standard InChI is InChI=1S/C12H17ClN2OS/c1-15(7-9-4-2-3-5-9)12-14-10(8-17-12)11(16)6-13/h8-9H,2-7H2,1H3. The SMILES string of the molecule is CN(CC1CCCC1)c1nc(C(=O)CCl)cs1. The molecular formula is C12H17ClN2OS. The number of nitrogens with zero attached hydrogens (tertiary/aromatic N) is 2. The van der Waals surface area contributed by atoms with Crippen molar-refractivity contribution in [2.24, 2.45) is 5.92 Å². The molecule has 1 aromatic heterocycles. The van der Waals surface area contributed by atoms with E-state index in [1.54, 1.807) is 5.38 Å². The minimum atomic E-state index is -0.0940. The van der Waals surface area contributed by atoms with Crippen LogP contribution in [-0.4, -0.2) is 30.2 Å². The molecule has 3 nitrogen and oxygen atoms in total. The maximum atomic E-state index is 11.4. The molecule has 94 valence electrons. The van der Waals surface area contributed by atoms with Crippen molar-refractivity contribution in [3.8, 4) is 0 Å². The third-order valence-electron chi connectivity index (χ3n) is 3.23. The van der Waals surface area contributed by atoms with Gasteiger partial charge in [0.05, 0.1) is 5.88 Å². The van der Waals surface area contributed by atoms with Crippen molar-refractivity contribution in [1.29, 1.82) is 0 Å². The Balaban J connectivity index is 1.96. The van der Waals surface area contributed by atoms with E-state index in [-0.39, 0.29) is 11.7 Å². The molecule has 17 heavy (non-hydrogen) atoms. The smallest absolute Gasteiger partial charge is 0.196 e. The molecule has 1 aliphatic carbocycles. The summed E-state index contributed by atoms with van der Waals surface area (Å²) in [5, 5.41) is 2.72. The van der Waals surface area contributed by atoms with Gasteiger partial charge in [0.25, 0.3) is 0 Å². The van der Waals surface area contributed by atoms with Gasteiger partial charge in [-0.3, -0.25) is 4.79 Å². The van der Waals surface area contributed by atoms with Gasteiger partial charge in [-0.05, 0) is 18.8 Å².